The second-order valence-electron chi connectivity index (χ2n) is 1.98. The van der Waals surface area contributed by atoms with Crippen molar-refractivity contribution in [3.8, 4) is 0 Å². The quantitative estimate of drug-likeness (QED) is 0.652. The number of rotatable bonds is 4. The van der Waals surface area contributed by atoms with Gasteiger partial charge in [0.1, 0.15) is 6.61 Å². The SMILES string of the molecule is O=C(O)C(O)COCC(F)(F)F. The lowest BCUT2D eigenvalue weighted by Crippen LogP contribution is -2.28. The Balaban J connectivity index is 3.51. The molecule has 0 spiro atoms. The van der Waals surface area contributed by atoms with Crippen molar-refractivity contribution in [2.45, 2.75) is 12.3 Å². The van der Waals surface area contributed by atoms with Crippen molar-refractivity contribution >= 4 is 5.97 Å². The van der Waals surface area contributed by atoms with Crippen molar-refractivity contribution < 1.29 is 32.9 Å². The summed E-state index contributed by atoms with van der Waals surface area (Å²) in [5.41, 5.74) is 0. The summed E-state index contributed by atoms with van der Waals surface area (Å²) in [7, 11) is 0. The first-order chi connectivity index (χ1) is 5.33. The molecule has 0 radical (unpaired) electrons. The monoisotopic (exact) mass is 188 g/mol. The number of alkyl halides is 3. The van der Waals surface area contributed by atoms with Crippen molar-refractivity contribution in [1.29, 1.82) is 0 Å². The van der Waals surface area contributed by atoms with Crippen LogP contribution in [0.15, 0.2) is 0 Å². The van der Waals surface area contributed by atoms with Crippen molar-refractivity contribution in [3.63, 3.8) is 0 Å². The average molecular weight is 188 g/mol. The van der Waals surface area contributed by atoms with Gasteiger partial charge in [0.05, 0.1) is 6.61 Å². The first-order valence-electron chi connectivity index (χ1n) is 2.88. The molecule has 0 aromatic carbocycles. The molecule has 0 aliphatic heterocycles. The predicted octanol–water partition coefficient (Wildman–Crippen LogP) is 0.0108. The number of hydrogen-bond donors (Lipinski definition) is 2. The first-order valence-corrected chi connectivity index (χ1v) is 2.88. The Morgan fingerprint density at radius 3 is 2.33 bits per heavy atom. The number of aliphatic carboxylic acids is 1. The van der Waals surface area contributed by atoms with Crippen molar-refractivity contribution in [1.82, 2.24) is 0 Å². The van der Waals surface area contributed by atoms with Gasteiger partial charge >= 0.3 is 12.1 Å². The predicted molar refractivity (Wildman–Crippen MR) is 30.5 cm³/mol. The zero-order valence-electron chi connectivity index (χ0n) is 5.84. The molecular weight excluding hydrogens is 181 g/mol. The van der Waals surface area contributed by atoms with Crippen LogP contribution in [0.25, 0.3) is 0 Å². The fourth-order valence-corrected chi connectivity index (χ4v) is 0.358. The number of carboxylic acids is 1. The second-order valence-corrected chi connectivity index (χ2v) is 1.98. The molecule has 0 heterocycles. The van der Waals surface area contributed by atoms with Gasteiger partial charge in [-0.25, -0.2) is 4.79 Å². The Kier molecular flexibility index (Phi) is 3.98. The molecule has 1 atom stereocenters. The summed E-state index contributed by atoms with van der Waals surface area (Å²) in [5, 5.41) is 16.4. The van der Waals surface area contributed by atoms with Gasteiger partial charge in [0.25, 0.3) is 0 Å². The topological polar surface area (TPSA) is 66.8 Å². The summed E-state index contributed by atoms with van der Waals surface area (Å²) >= 11 is 0. The smallest absolute Gasteiger partial charge is 0.411 e. The van der Waals surface area contributed by atoms with Gasteiger partial charge in [-0.1, -0.05) is 0 Å². The molecule has 2 N–H and O–H groups in total. The number of aliphatic hydroxyl groups excluding tert-OH is 1. The van der Waals surface area contributed by atoms with E-state index in [9.17, 15) is 18.0 Å². The third-order valence-electron chi connectivity index (χ3n) is 0.827. The summed E-state index contributed by atoms with van der Waals surface area (Å²) < 4.78 is 37.9. The molecule has 1 unspecified atom stereocenters. The summed E-state index contributed by atoms with van der Waals surface area (Å²) in [6, 6.07) is 0. The first kappa shape index (κ1) is 11.2. The zero-order valence-corrected chi connectivity index (χ0v) is 5.84. The molecule has 0 saturated heterocycles. The van der Waals surface area contributed by atoms with E-state index < -0.39 is 31.5 Å². The Morgan fingerprint density at radius 2 is 2.00 bits per heavy atom. The minimum absolute atomic E-state index is 0.866. The van der Waals surface area contributed by atoms with Gasteiger partial charge in [0.2, 0.25) is 0 Å². The van der Waals surface area contributed by atoms with E-state index in [1.807, 2.05) is 0 Å². The Labute approximate surface area is 65.6 Å². The number of hydrogen-bond acceptors (Lipinski definition) is 3. The van der Waals surface area contributed by atoms with Gasteiger partial charge in [-0.3, -0.25) is 0 Å². The summed E-state index contributed by atoms with van der Waals surface area (Å²) in [4.78, 5) is 9.84. The maximum Gasteiger partial charge on any atom is 0.411 e. The van der Waals surface area contributed by atoms with Gasteiger partial charge in [0.15, 0.2) is 6.10 Å². The molecule has 4 nitrogen and oxygen atoms in total. The Bertz CT molecular complexity index is 155. The molecule has 0 aromatic heterocycles. The molecule has 0 bridgehead atoms. The highest BCUT2D eigenvalue weighted by Gasteiger charge is 2.28. The fourth-order valence-electron chi connectivity index (χ4n) is 0.358. The summed E-state index contributed by atoms with van der Waals surface area (Å²) in [5.74, 6) is -1.61. The van der Waals surface area contributed by atoms with Crippen LogP contribution in [0.5, 0.6) is 0 Å². The minimum atomic E-state index is -4.50. The molecule has 0 rings (SSSR count). The van der Waals surface area contributed by atoms with Crippen molar-refractivity contribution in [2.24, 2.45) is 0 Å². The molecule has 0 aromatic rings. The van der Waals surface area contributed by atoms with Gasteiger partial charge in [-0.2, -0.15) is 13.2 Å². The van der Waals surface area contributed by atoms with E-state index in [-0.39, 0.29) is 0 Å². The van der Waals surface area contributed by atoms with Crippen LogP contribution in [0.1, 0.15) is 0 Å². The molecule has 0 amide bonds. The normalized spacial score (nSPS) is 14.3. The lowest BCUT2D eigenvalue weighted by atomic mass is 10.4. The van der Waals surface area contributed by atoms with E-state index in [0.717, 1.165) is 0 Å². The molecule has 0 aliphatic carbocycles. The Morgan fingerprint density at radius 1 is 1.50 bits per heavy atom. The summed E-state index contributed by atoms with van der Waals surface area (Å²) in [6.45, 7) is -2.42. The number of ether oxygens (including phenoxy) is 1. The molecule has 0 aliphatic rings. The van der Waals surface area contributed by atoms with Crippen LogP contribution in [-0.2, 0) is 9.53 Å². The maximum absolute atomic E-state index is 11.4. The largest absolute Gasteiger partial charge is 0.479 e. The molecule has 0 fully saturated rings. The number of aliphatic hydroxyl groups is 1. The van der Waals surface area contributed by atoms with Crippen LogP contribution in [0.4, 0.5) is 13.2 Å². The second kappa shape index (κ2) is 4.27. The van der Waals surface area contributed by atoms with Crippen LogP contribution in [0.2, 0.25) is 0 Å². The lowest BCUT2D eigenvalue weighted by Gasteiger charge is -2.08. The highest BCUT2D eigenvalue weighted by Crippen LogP contribution is 2.14. The molecule has 72 valence electrons. The minimum Gasteiger partial charge on any atom is -0.479 e. The number of halogens is 3. The highest BCUT2D eigenvalue weighted by molar-refractivity contribution is 5.71. The average Bonchev–Trinajstić information content (AvgIpc) is 1.84. The van der Waals surface area contributed by atoms with E-state index in [0.29, 0.717) is 0 Å². The lowest BCUT2D eigenvalue weighted by molar-refractivity contribution is -0.183. The van der Waals surface area contributed by atoms with Crippen LogP contribution < -0.4 is 0 Å². The third-order valence-corrected chi connectivity index (χ3v) is 0.827. The Hall–Kier alpha value is -0.820. The molecule has 7 heteroatoms. The van der Waals surface area contributed by atoms with Crippen LogP contribution in [-0.4, -0.2) is 41.7 Å². The van der Waals surface area contributed by atoms with Gasteiger partial charge in [-0.05, 0) is 0 Å². The zero-order chi connectivity index (χ0) is 9.78. The van der Waals surface area contributed by atoms with Crippen molar-refractivity contribution in [3.05, 3.63) is 0 Å². The summed E-state index contributed by atoms with van der Waals surface area (Å²) in [6.07, 6.45) is -6.41. The van der Waals surface area contributed by atoms with Crippen LogP contribution >= 0.6 is 0 Å². The molecule has 0 saturated carbocycles. The van der Waals surface area contributed by atoms with E-state index in [4.69, 9.17) is 10.2 Å². The van der Waals surface area contributed by atoms with Crippen molar-refractivity contribution in [2.75, 3.05) is 13.2 Å². The fraction of sp³-hybridized carbons (Fsp3) is 0.800. The molecule has 12 heavy (non-hydrogen) atoms. The number of carboxylic acid groups (broad SMARTS) is 1. The number of carbonyl (C=O) groups is 1. The van der Waals surface area contributed by atoms with E-state index in [1.165, 1.54) is 0 Å². The standard InChI is InChI=1S/C5H7F3O4/c6-5(7,8)2-12-1-3(9)4(10)11/h3,9H,1-2H2,(H,10,11). The van der Waals surface area contributed by atoms with Gasteiger partial charge < -0.3 is 14.9 Å². The van der Waals surface area contributed by atoms with E-state index in [2.05, 4.69) is 4.74 Å². The van der Waals surface area contributed by atoms with E-state index >= 15 is 0 Å². The van der Waals surface area contributed by atoms with E-state index in [1.54, 1.807) is 0 Å². The van der Waals surface area contributed by atoms with Crippen LogP contribution in [0, 0.1) is 0 Å². The maximum atomic E-state index is 11.4. The highest BCUT2D eigenvalue weighted by atomic mass is 19.4. The van der Waals surface area contributed by atoms with Gasteiger partial charge in [0, 0.05) is 0 Å². The third kappa shape index (κ3) is 5.93. The molecular formula is C5H7F3O4. The van der Waals surface area contributed by atoms with Crippen LogP contribution in [0.3, 0.4) is 0 Å². The van der Waals surface area contributed by atoms with Gasteiger partial charge in [-0.15, -0.1) is 0 Å².